The van der Waals surface area contributed by atoms with E-state index >= 15 is 0 Å². The maximum Gasteiger partial charge on any atom is 0.323 e. The molecule has 2 amide bonds. The second-order valence-electron chi connectivity index (χ2n) is 4.42. The Morgan fingerprint density at radius 3 is 2.65 bits per heavy atom. The quantitative estimate of drug-likeness (QED) is 0.801. The summed E-state index contributed by atoms with van der Waals surface area (Å²) >= 11 is 0. The fourth-order valence-corrected chi connectivity index (χ4v) is 2.01. The second-order valence-corrected chi connectivity index (χ2v) is 4.42. The molecule has 2 rings (SSSR count). The van der Waals surface area contributed by atoms with Crippen LogP contribution in [0.1, 0.15) is 31.2 Å². The molecule has 3 heteroatoms. The predicted molar refractivity (Wildman–Crippen MR) is 69.9 cm³/mol. The molecule has 1 fully saturated rings. The molecule has 0 aliphatic heterocycles. The van der Waals surface area contributed by atoms with Gasteiger partial charge in [0.2, 0.25) is 0 Å². The second kappa shape index (κ2) is 5.53. The Kier molecular flexibility index (Phi) is 3.81. The molecular formula is C14H18N2O. The number of anilines is 1. The maximum atomic E-state index is 11.7. The van der Waals surface area contributed by atoms with Crippen LogP contribution in [0, 0.1) is 6.92 Å². The normalized spacial score (nSPS) is 14.5. The highest BCUT2D eigenvalue weighted by Crippen LogP contribution is 2.22. The van der Waals surface area contributed by atoms with Crippen LogP contribution in [0.15, 0.2) is 36.0 Å². The van der Waals surface area contributed by atoms with Crippen molar-refractivity contribution in [3.8, 4) is 0 Å². The van der Waals surface area contributed by atoms with Gasteiger partial charge in [-0.2, -0.15) is 0 Å². The molecular weight excluding hydrogens is 212 g/mol. The van der Waals surface area contributed by atoms with Gasteiger partial charge in [-0.1, -0.05) is 23.8 Å². The Morgan fingerprint density at radius 2 is 1.94 bits per heavy atom. The van der Waals surface area contributed by atoms with E-state index in [-0.39, 0.29) is 6.03 Å². The van der Waals surface area contributed by atoms with Crippen LogP contribution < -0.4 is 10.6 Å². The first-order chi connectivity index (χ1) is 8.25. The van der Waals surface area contributed by atoms with E-state index in [1.807, 2.05) is 37.4 Å². The van der Waals surface area contributed by atoms with Gasteiger partial charge in [0.15, 0.2) is 0 Å². The lowest BCUT2D eigenvalue weighted by Gasteiger charge is -2.07. The molecule has 2 N–H and O–H groups in total. The summed E-state index contributed by atoms with van der Waals surface area (Å²) in [6.07, 6.45) is 6.57. The number of carbonyl (C=O) groups excluding carboxylic acids is 1. The summed E-state index contributed by atoms with van der Waals surface area (Å²) in [5, 5.41) is 5.63. The first-order valence-electron chi connectivity index (χ1n) is 6.07. The minimum atomic E-state index is -0.168. The third kappa shape index (κ3) is 3.34. The number of nitrogens with one attached hydrogen (secondary N) is 2. The van der Waals surface area contributed by atoms with E-state index in [4.69, 9.17) is 0 Å². The van der Waals surface area contributed by atoms with Crippen LogP contribution in [-0.4, -0.2) is 6.03 Å². The van der Waals surface area contributed by atoms with E-state index < -0.39 is 0 Å². The van der Waals surface area contributed by atoms with Gasteiger partial charge in [0.25, 0.3) is 0 Å². The average molecular weight is 230 g/mol. The number of para-hydroxylation sites is 1. The highest BCUT2D eigenvalue weighted by atomic mass is 16.2. The first-order valence-corrected chi connectivity index (χ1v) is 6.07. The minimum Gasteiger partial charge on any atom is -0.314 e. The maximum absolute atomic E-state index is 11.7. The monoisotopic (exact) mass is 230 g/mol. The van der Waals surface area contributed by atoms with Gasteiger partial charge in [-0.25, -0.2) is 4.79 Å². The summed E-state index contributed by atoms with van der Waals surface area (Å²) in [4.78, 5) is 11.7. The third-order valence-electron chi connectivity index (χ3n) is 3.05. The van der Waals surface area contributed by atoms with Crippen LogP contribution in [0.3, 0.4) is 0 Å². The van der Waals surface area contributed by atoms with Crippen LogP contribution in [0.4, 0.5) is 10.5 Å². The van der Waals surface area contributed by atoms with Crippen LogP contribution in [-0.2, 0) is 0 Å². The molecule has 0 radical (unpaired) electrons. The topological polar surface area (TPSA) is 41.1 Å². The molecule has 1 aliphatic rings. The van der Waals surface area contributed by atoms with Crippen LogP contribution >= 0.6 is 0 Å². The van der Waals surface area contributed by atoms with Crippen molar-refractivity contribution in [2.24, 2.45) is 0 Å². The first kappa shape index (κ1) is 11.7. The number of hydrogen-bond donors (Lipinski definition) is 2. The van der Waals surface area contributed by atoms with E-state index in [0.717, 1.165) is 24.1 Å². The fraction of sp³-hybridized carbons (Fsp3) is 0.357. The third-order valence-corrected chi connectivity index (χ3v) is 3.05. The van der Waals surface area contributed by atoms with Gasteiger partial charge in [-0.3, -0.25) is 0 Å². The zero-order valence-corrected chi connectivity index (χ0v) is 10.1. The number of urea groups is 1. The number of benzene rings is 1. The fourth-order valence-electron chi connectivity index (χ4n) is 2.01. The lowest BCUT2D eigenvalue weighted by Crippen LogP contribution is -2.24. The molecule has 1 aromatic carbocycles. The van der Waals surface area contributed by atoms with Crippen molar-refractivity contribution < 1.29 is 4.79 Å². The molecule has 1 saturated carbocycles. The van der Waals surface area contributed by atoms with E-state index in [0.29, 0.717) is 0 Å². The highest BCUT2D eigenvalue weighted by Gasteiger charge is 2.07. The van der Waals surface area contributed by atoms with E-state index in [1.54, 1.807) is 0 Å². The van der Waals surface area contributed by atoms with Crippen LogP contribution in [0.2, 0.25) is 0 Å². The number of carbonyl (C=O) groups is 1. The zero-order chi connectivity index (χ0) is 12.1. The van der Waals surface area contributed by atoms with Gasteiger partial charge in [0.05, 0.1) is 0 Å². The van der Waals surface area contributed by atoms with Crippen molar-refractivity contribution in [1.82, 2.24) is 5.32 Å². The van der Waals surface area contributed by atoms with Gasteiger partial charge >= 0.3 is 6.03 Å². The van der Waals surface area contributed by atoms with Crippen molar-refractivity contribution in [2.75, 3.05) is 5.32 Å². The summed E-state index contributed by atoms with van der Waals surface area (Å²) in [6, 6.07) is 7.58. The van der Waals surface area contributed by atoms with Crippen molar-refractivity contribution in [1.29, 1.82) is 0 Å². The summed E-state index contributed by atoms with van der Waals surface area (Å²) in [5.74, 6) is 0. The standard InChI is InChI=1S/C14H18N2O/c1-11-6-2-5-9-13(11)16-14(17)15-10-12-7-3-4-8-12/h2,5-6,9-10H,3-4,7-8H2,1H3,(H2,15,16,17). The Morgan fingerprint density at radius 1 is 1.24 bits per heavy atom. The molecule has 0 spiro atoms. The smallest absolute Gasteiger partial charge is 0.314 e. The largest absolute Gasteiger partial charge is 0.323 e. The van der Waals surface area contributed by atoms with Crippen molar-refractivity contribution in [2.45, 2.75) is 32.6 Å². The lowest BCUT2D eigenvalue weighted by molar-refractivity contribution is 0.255. The van der Waals surface area contributed by atoms with Crippen molar-refractivity contribution >= 4 is 11.7 Å². The Balaban J connectivity index is 1.89. The summed E-state index contributed by atoms with van der Waals surface area (Å²) in [7, 11) is 0. The number of aryl methyl sites for hydroxylation is 1. The molecule has 17 heavy (non-hydrogen) atoms. The van der Waals surface area contributed by atoms with Crippen molar-refractivity contribution in [3.05, 3.63) is 41.6 Å². The SMILES string of the molecule is Cc1ccccc1NC(=O)NC=C1CCCC1. The Bertz CT molecular complexity index is 430. The Labute approximate surface area is 102 Å². The van der Waals surface area contributed by atoms with Gasteiger partial charge < -0.3 is 10.6 Å². The molecule has 0 heterocycles. The molecule has 0 atom stereocenters. The van der Waals surface area contributed by atoms with Crippen LogP contribution in [0.5, 0.6) is 0 Å². The summed E-state index contributed by atoms with van der Waals surface area (Å²) in [6.45, 7) is 1.98. The number of hydrogen-bond acceptors (Lipinski definition) is 1. The predicted octanol–water partition coefficient (Wildman–Crippen LogP) is 3.57. The van der Waals surface area contributed by atoms with Gasteiger partial charge in [0, 0.05) is 11.9 Å². The molecule has 0 aromatic heterocycles. The number of amides is 2. The van der Waals surface area contributed by atoms with E-state index in [9.17, 15) is 4.79 Å². The van der Waals surface area contributed by atoms with Gasteiger partial charge in [-0.05, 0) is 44.2 Å². The van der Waals surface area contributed by atoms with E-state index in [2.05, 4.69) is 10.6 Å². The lowest BCUT2D eigenvalue weighted by atomic mass is 10.2. The molecule has 1 aliphatic carbocycles. The van der Waals surface area contributed by atoms with Crippen molar-refractivity contribution in [3.63, 3.8) is 0 Å². The molecule has 0 unspecified atom stereocenters. The molecule has 0 saturated heterocycles. The Hall–Kier alpha value is -1.77. The summed E-state index contributed by atoms with van der Waals surface area (Å²) < 4.78 is 0. The molecule has 3 nitrogen and oxygen atoms in total. The number of allylic oxidation sites excluding steroid dienone is 1. The average Bonchev–Trinajstić information content (AvgIpc) is 2.82. The van der Waals surface area contributed by atoms with Gasteiger partial charge in [0.1, 0.15) is 0 Å². The van der Waals surface area contributed by atoms with E-state index in [1.165, 1.54) is 18.4 Å². The summed E-state index contributed by atoms with van der Waals surface area (Å²) in [5.41, 5.74) is 3.26. The molecule has 0 bridgehead atoms. The zero-order valence-electron chi connectivity index (χ0n) is 10.1. The number of rotatable bonds is 2. The van der Waals surface area contributed by atoms with Crippen LogP contribution in [0.25, 0.3) is 0 Å². The van der Waals surface area contributed by atoms with Gasteiger partial charge in [-0.15, -0.1) is 0 Å². The highest BCUT2D eigenvalue weighted by molar-refractivity contribution is 5.90. The molecule has 90 valence electrons. The minimum absolute atomic E-state index is 0.168. The molecule has 1 aromatic rings.